The van der Waals surface area contributed by atoms with E-state index in [2.05, 4.69) is 46.6 Å². The maximum Gasteiger partial charge on any atom is 0.221 e. The van der Waals surface area contributed by atoms with E-state index < -0.39 is 0 Å². The van der Waals surface area contributed by atoms with Gasteiger partial charge in [0.05, 0.1) is 0 Å². The van der Waals surface area contributed by atoms with E-state index in [9.17, 15) is 4.79 Å². The lowest BCUT2D eigenvalue weighted by atomic mass is 10.0. The quantitative estimate of drug-likeness (QED) is 0.777. The summed E-state index contributed by atoms with van der Waals surface area (Å²) in [4.78, 5) is 16.3. The molecule has 0 saturated carbocycles. The molecular weight excluding hydrogens is 340 g/mol. The van der Waals surface area contributed by atoms with Gasteiger partial charge in [0.25, 0.3) is 0 Å². The van der Waals surface area contributed by atoms with Crippen LogP contribution in [0.15, 0.2) is 58.3 Å². The van der Waals surface area contributed by atoms with Crippen molar-refractivity contribution in [1.82, 2.24) is 4.90 Å². The summed E-state index contributed by atoms with van der Waals surface area (Å²) >= 11 is 1.76. The van der Waals surface area contributed by atoms with E-state index in [-0.39, 0.29) is 5.91 Å². The Morgan fingerprint density at radius 1 is 0.962 bits per heavy atom. The molecule has 0 unspecified atom stereocenters. The van der Waals surface area contributed by atoms with Crippen LogP contribution in [0.5, 0.6) is 0 Å². The molecule has 0 aliphatic carbocycles. The second-order valence-electron chi connectivity index (χ2n) is 7.36. The minimum absolute atomic E-state index is 0.0381. The van der Waals surface area contributed by atoms with Gasteiger partial charge in [-0.25, -0.2) is 0 Å². The van der Waals surface area contributed by atoms with Crippen LogP contribution < -0.4 is 5.32 Å². The van der Waals surface area contributed by atoms with Gasteiger partial charge in [-0.3, -0.25) is 9.69 Å². The zero-order chi connectivity index (χ0) is 17.9. The number of amides is 1. The third-order valence-corrected chi connectivity index (χ3v) is 6.54. The standard InChI is InChI=1S/C22H26N2OS/c1-16(25)23-18-7-12-21(13-8-18)26-20-10-5-17(6-11-20)22-14-9-19-4-2-3-15-24(19)22/h5-8,10-13,19,22H,2-4,9,14-15H2,1H3,(H,23,25)/t19-,22-/m0/s1. The average molecular weight is 367 g/mol. The van der Waals surface area contributed by atoms with Crippen molar-refractivity contribution < 1.29 is 4.79 Å². The Morgan fingerprint density at radius 3 is 2.35 bits per heavy atom. The van der Waals surface area contributed by atoms with Crippen molar-refractivity contribution in [2.75, 3.05) is 11.9 Å². The zero-order valence-electron chi connectivity index (χ0n) is 15.3. The van der Waals surface area contributed by atoms with Gasteiger partial charge in [-0.1, -0.05) is 30.3 Å². The maximum atomic E-state index is 11.1. The number of nitrogens with one attached hydrogen (secondary N) is 1. The zero-order valence-corrected chi connectivity index (χ0v) is 16.1. The van der Waals surface area contributed by atoms with E-state index >= 15 is 0 Å². The molecule has 0 spiro atoms. The number of hydrogen-bond donors (Lipinski definition) is 1. The van der Waals surface area contributed by atoms with Crippen molar-refractivity contribution in [1.29, 1.82) is 0 Å². The number of fused-ring (bicyclic) bond motifs is 1. The van der Waals surface area contributed by atoms with Crippen LogP contribution in [0.1, 0.15) is 50.6 Å². The van der Waals surface area contributed by atoms with E-state index in [1.165, 1.54) is 60.9 Å². The molecule has 26 heavy (non-hydrogen) atoms. The Labute approximate surface area is 160 Å². The predicted molar refractivity (Wildman–Crippen MR) is 108 cm³/mol. The Bertz CT molecular complexity index is 757. The number of nitrogens with zero attached hydrogens (tertiary/aromatic N) is 1. The van der Waals surface area contributed by atoms with Crippen LogP contribution in [0.25, 0.3) is 0 Å². The molecule has 1 N–H and O–H groups in total. The Hall–Kier alpha value is -1.78. The summed E-state index contributed by atoms with van der Waals surface area (Å²) in [6.07, 6.45) is 6.82. The highest BCUT2D eigenvalue weighted by Gasteiger charge is 2.35. The molecule has 2 aliphatic heterocycles. The second-order valence-corrected chi connectivity index (χ2v) is 8.50. The maximum absolute atomic E-state index is 11.1. The van der Waals surface area contributed by atoms with Gasteiger partial charge in [-0.2, -0.15) is 0 Å². The number of carbonyl (C=O) groups is 1. The minimum atomic E-state index is -0.0381. The summed E-state index contributed by atoms with van der Waals surface area (Å²) < 4.78 is 0. The van der Waals surface area contributed by atoms with Crippen molar-refractivity contribution in [2.24, 2.45) is 0 Å². The van der Waals surface area contributed by atoms with E-state index in [1.807, 2.05) is 12.1 Å². The Morgan fingerprint density at radius 2 is 1.65 bits per heavy atom. The van der Waals surface area contributed by atoms with Gasteiger partial charge in [-0.05, 0) is 74.2 Å². The first-order valence-corrected chi connectivity index (χ1v) is 10.4. The van der Waals surface area contributed by atoms with Crippen molar-refractivity contribution in [3.63, 3.8) is 0 Å². The molecule has 0 radical (unpaired) electrons. The summed E-state index contributed by atoms with van der Waals surface area (Å²) in [5.74, 6) is -0.0381. The summed E-state index contributed by atoms with van der Waals surface area (Å²) in [7, 11) is 0. The van der Waals surface area contributed by atoms with Gasteiger partial charge < -0.3 is 5.32 Å². The normalized spacial score (nSPS) is 22.8. The van der Waals surface area contributed by atoms with Crippen LogP contribution in [0.2, 0.25) is 0 Å². The molecule has 2 aromatic carbocycles. The van der Waals surface area contributed by atoms with Crippen LogP contribution in [0.3, 0.4) is 0 Å². The van der Waals surface area contributed by atoms with Gasteiger partial charge in [0.2, 0.25) is 5.91 Å². The molecule has 1 amide bonds. The van der Waals surface area contributed by atoms with Crippen LogP contribution in [-0.2, 0) is 4.79 Å². The SMILES string of the molecule is CC(=O)Nc1ccc(Sc2ccc([C@@H]3CC[C@@H]4CCCCN43)cc2)cc1. The Kier molecular flexibility index (Phi) is 5.32. The van der Waals surface area contributed by atoms with E-state index in [0.717, 1.165) is 11.7 Å². The third kappa shape index (κ3) is 3.97. The molecule has 3 nitrogen and oxygen atoms in total. The van der Waals surface area contributed by atoms with Crippen LogP contribution in [-0.4, -0.2) is 23.4 Å². The molecule has 4 rings (SSSR count). The number of rotatable bonds is 4. The van der Waals surface area contributed by atoms with Crippen LogP contribution >= 0.6 is 11.8 Å². The van der Waals surface area contributed by atoms with Crippen molar-refractivity contribution in [3.05, 3.63) is 54.1 Å². The summed E-state index contributed by atoms with van der Waals surface area (Å²) in [5, 5.41) is 2.80. The lowest BCUT2D eigenvalue weighted by Gasteiger charge is -2.34. The first-order chi connectivity index (χ1) is 12.7. The predicted octanol–water partition coefficient (Wildman–Crippen LogP) is 5.49. The largest absolute Gasteiger partial charge is 0.326 e. The highest BCUT2D eigenvalue weighted by atomic mass is 32.2. The molecule has 136 valence electrons. The van der Waals surface area contributed by atoms with Gasteiger partial charge in [-0.15, -0.1) is 0 Å². The lowest BCUT2D eigenvalue weighted by molar-refractivity contribution is -0.114. The smallest absolute Gasteiger partial charge is 0.221 e. The number of hydrogen-bond acceptors (Lipinski definition) is 3. The van der Waals surface area contributed by atoms with Gasteiger partial charge in [0, 0.05) is 34.5 Å². The van der Waals surface area contributed by atoms with Crippen molar-refractivity contribution in [3.8, 4) is 0 Å². The molecule has 0 bridgehead atoms. The molecule has 2 aliphatic rings. The first-order valence-electron chi connectivity index (χ1n) is 9.60. The van der Waals surface area contributed by atoms with Crippen LogP contribution in [0, 0.1) is 0 Å². The fraction of sp³-hybridized carbons (Fsp3) is 0.409. The third-order valence-electron chi connectivity index (χ3n) is 5.52. The molecule has 0 aromatic heterocycles. The second kappa shape index (κ2) is 7.85. The molecule has 2 atom stereocenters. The number of carbonyl (C=O) groups excluding carboxylic acids is 1. The molecule has 4 heteroatoms. The van der Waals surface area contributed by atoms with Gasteiger partial charge >= 0.3 is 0 Å². The average Bonchev–Trinajstić information content (AvgIpc) is 3.08. The highest BCUT2D eigenvalue weighted by Crippen LogP contribution is 2.40. The summed E-state index contributed by atoms with van der Waals surface area (Å²) in [6, 6.07) is 18.6. The van der Waals surface area contributed by atoms with Gasteiger partial charge in [0.15, 0.2) is 0 Å². The molecular formula is C22H26N2OS. The fourth-order valence-electron chi connectivity index (χ4n) is 4.32. The Balaban J connectivity index is 1.41. The van der Waals surface area contributed by atoms with E-state index in [4.69, 9.17) is 0 Å². The molecule has 2 heterocycles. The van der Waals surface area contributed by atoms with Crippen molar-refractivity contribution in [2.45, 2.75) is 60.9 Å². The van der Waals surface area contributed by atoms with Gasteiger partial charge in [0.1, 0.15) is 0 Å². The first kappa shape index (κ1) is 17.6. The number of anilines is 1. The van der Waals surface area contributed by atoms with E-state index in [0.29, 0.717) is 6.04 Å². The summed E-state index contributed by atoms with van der Waals surface area (Å²) in [6.45, 7) is 2.80. The van der Waals surface area contributed by atoms with Crippen LogP contribution in [0.4, 0.5) is 5.69 Å². The highest BCUT2D eigenvalue weighted by molar-refractivity contribution is 7.99. The number of benzene rings is 2. The fourth-order valence-corrected chi connectivity index (χ4v) is 5.14. The van der Waals surface area contributed by atoms with Crippen molar-refractivity contribution >= 4 is 23.4 Å². The molecule has 2 aromatic rings. The lowest BCUT2D eigenvalue weighted by Crippen LogP contribution is -2.35. The minimum Gasteiger partial charge on any atom is -0.326 e. The van der Waals surface area contributed by atoms with E-state index in [1.54, 1.807) is 11.8 Å². The molecule has 2 saturated heterocycles. The summed E-state index contributed by atoms with van der Waals surface area (Å²) in [5.41, 5.74) is 2.31. The topological polar surface area (TPSA) is 32.3 Å². The number of piperidine rings is 1. The molecule has 2 fully saturated rings. The monoisotopic (exact) mass is 366 g/mol.